The monoisotopic (exact) mass is 450 g/mol. The molecule has 164 valence electrons. The zero-order valence-corrected chi connectivity index (χ0v) is 18.9. The molecule has 1 aromatic carbocycles. The van der Waals surface area contributed by atoms with E-state index in [1.54, 1.807) is 18.2 Å². The van der Waals surface area contributed by atoms with E-state index in [1.807, 2.05) is 0 Å². The maximum Gasteiger partial charge on any atom is 0.243 e. The van der Waals surface area contributed by atoms with Crippen molar-refractivity contribution in [1.29, 1.82) is 0 Å². The lowest BCUT2D eigenvalue weighted by atomic mass is 9.53. The topological polar surface area (TPSA) is 66.5 Å². The van der Waals surface area contributed by atoms with Crippen LogP contribution in [0.25, 0.3) is 0 Å². The van der Waals surface area contributed by atoms with Gasteiger partial charge < -0.3 is 5.32 Å². The number of benzene rings is 1. The summed E-state index contributed by atoms with van der Waals surface area (Å²) in [6, 6.07) is 6.43. The van der Waals surface area contributed by atoms with Crippen LogP contribution in [0, 0.1) is 23.7 Å². The fourth-order valence-corrected chi connectivity index (χ4v) is 8.92. The predicted molar refractivity (Wildman–Crippen MR) is 117 cm³/mol. The summed E-state index contributed by atoms with van der Waals surface area (Å²) in [7, 11) is -3.58. The molecular formula is C23H31ClN2O3S. The molecule has 4 bridgehead atoms. The van der Waals surface area contributed by atoms with Crippen molar-refractivity contribution in [1.82, 2.24) is 9.62 Å². The highest BCUT2D eigenvalue weighted by Gasteiger charge is 2.51. The van der Waals surface area contributed by atoms with Crippen LogP contribution in [0.15, 0.2) is 29.2 Å². The molecular weight excluding hydrogens is 420 g/mol. The predicted octanol–water partition coefficient (Wildman–Crippen LogP) is 4.22. The molecule has 6 rings (SSSR count). The zero-order chi connectivity index (χ0) is 20.9. The molecule has 5 nitrogen and oxygen atoms in total. The molecule has 5 fully saturated rings. The lowest BCUT2D eigenvalue weighted by Gasteiger charge is -2.57. The van der Waals surface area contributed by atoms with Crippen LogP contribution in [-0.2, 0) is 14.8 Å². The molecule has 1 amide bonds. The average molecular weight is 451 g/mol. The van der Waals surface area contributed by atoms with Crippen molar-refractivity contribution in [3.63, 3.8) is 0 Å². The van der Waals surface area contributed by atoms with Gasteiger partial charge in [0.2, 0.25) is 15.9 Å². The highest BCUT2D eigenvalue weighted by Crippen LogP contribution is 2.55. The SMILES string of the molecule is O=C(CC1CCCN(S(=O)(=O)c2cccc(Cl)c2)C1)NC12CC3CC(CC(C3)C1)C2. The van der Waals surface area contributed by atoms with E-state index in [0.29, 0.717) is 24.5 Å². The summed E-state index contributed by atoms with van der Waals surface area (Å²) >= 11 is 6.00. The maximum absolute atomic E-state index is 13.0. The molecule has 1 atom stereocenters. The van der Waals surface area contributed by atoms with Gasteiger partial charge in [0.1, 0.15) is 0 Å². The maximum atomic E-state index is 13.0. The minimum atomic E-state index is -3.58. The summed E-state index contributed by atoms with van der Waals surface area (Å²) in [6.07, 6.45) is 9.60. The van der Waals surface area contributed by atoms with Gasteiger partial charge in [-0.1, -0.05) is 17.7 Å². The lowest BCUT2D eigenvalue weighted by Crippen LogP contribution is -2.60. The van der Waals surface area contributed by atoms with Gasteiger partial charge in [-0.2, -0.15) is 4.31 Å². The number of nitrogens with one attached hydrogen (secondary N) is 1. The second kappa shape index (κ2) is 7.79. The normalized spacial score (nSPS) is 36.0. The van der Waals surface area contributed by atoms with Crippen molar-refractivity contribution in [3.05, 3.63) is 29.3 Å². The second-order valence-electron chi connectivity index (χ2n) is 10.3. The van der Waals surface area contributed by atoms with Crippen LogP contribution < -0.4 is 5.32 Å². The molecule has 1 aliphatic heterocycles. The Balaban J connectivity index is 1.22. The van der Waals surface area contributed by atoms with Crippen molar-refractivity contribution in [2.24, 2.45) is 23.7 Å². The first-order valence-corrected chi connectivity index (χ1v) is 13.2. The van der Waals surface area contributed by atoms with Crippen LogP contribution in [-0.4, -0.2) is 37.3 Å². The van der Waals surface area contributed by atoms with Crippen LogP contribution in [0.4, 0.5) is 0 Å². The van der Waals surface area contributed by atoms with Crippen molar-refractivity contribution >= 4 is 27.5 Å². The molecule has 1 heterocycles. The summed E-state index contributed by atoms with van der Waals surface area (Å²) in [5.41, 5.74) is 0.0209. The molecule has 7 heteroatoms. The summed E-state index contributed by atoms with van der Waals surface area (Å²) < 4.78 is 27.6. The molecule has 1 unspecified atom stereocenters. The number of hydrogen-bond donors (Lipinski definition) is 1. The van der Waals surface area contributed by atoms with Gasteiger partial charge >= 0.3 is 0 Å². The number of halogens is 1. The summed E-state index contributed by atoms with van der Waals surface area (Å²) in [4.78, 5) is 13.2. The smallest absolute Gasteiger partial charge is 0.243 e. The standard InChI is InChI=1S/C23H31ClN2O3S/c24-20-4-1-5-21(11-20)30(28,29)26-6-2-3-16(15-26)10-22(27)25-23-12-17-7-18(13-23)9-19(8-17)14-23/h1,4-5,11,16-19H,2-3,6-10,12-15H2,(H,25,27). The van der Waals surface area contributed by atoms with Gasteiger partial charge in [0.15, 0.2) is 0 Å². The molecule has 4 saturated carbocycles. The Kier molecular flexibility index (Phi) is 5.39. The Labute approximate surface area is 184 Å². The minimum absolute atomic E-state index is 0.0209. The second-order valence-corrected chi connectivity index (χ2v) is 12.7. The fourth-order valence-electron chi connectivity index (χ4n) is 7.06. The highest BCUT2D eigenvalue weighted by molar-refractivity contribution is 7.89. The third-order valence-electron chi connectivity index (χ3n) is 7.83. The summed E-state index contributed by atoms with van der Waals surface area (Å²) in [5.74, 6) is 2.57. The third kappa shape index (κ3) is 4.03. The lowest BCUT2D eigenvalue weighted by molar-refractivity contribution is -0.128. The zero-order valence-electron chi connectivity index (χ0n) is 17.4. The van der Waals surface area contributed by atoms with Gasteiger partial charge in [-0.15, -0.1) is 0 Å². The van der Waals surface area contributed by atoms with Gasteiger partial charge in [0.05, 0.1) is 4.90 Å². The third-order valence-corrected chi connectivity index (χ3v) is 9.93. The number of sulfonamides is 1. The van der Waals surface area contributed by atoms with Crippen molar-refractivity contribution in [2.75, 3.05) is 13.1 Å². The number of hydrogen-bond acceptors (Lipinski definition) is 3. The highest BCUT2D eigenvalue weighted by atomic mass is 35.5. The Morgan fingerprint density at radius 2 is 1.80 bits per heavy atom. The van der Waals surface area contributed by atoms with E-state index in [9.17, 15) is 13.2 Å². The first kappa shape index (κ1) is 20.8. The van der Waals surface area contributed by atoms with Crippen LogP contribution in [0.3, 0.4) is 0 Å². The van der Waals surface area contributed by atoms with E-state index in [-0.39, 0.29) is 22.3 Å². The molecule has 1 N–H and O–H groups in total. The van der Waals surface area contributed by atoms with Gasteiger partial charge in [0, 0.05) is 30.1 Å². The van der Waals surface area contributed by atoms with Crippen LogP contribution >= 0.6 is 11.6 Å². The van der Waals surface area contributed by atoms with Crippen LogP contribution in [0.2, 0.25) is 5.02 Å². The first-order chi connectivity index (χ1) is 14.3. The number of rotatable bonds is 5. The minimum Gasteiger partial charge on any atom is -0.351 e. The van der Waals surface area contributed by atoms with Crippen molar-refractivity contribution in [2.45, 2.75) is 68.2 Å². The van der Waals surface area contributed by atoms with E-state index in [4.69, 9.17) is 11.6 Å². The van der Waals surface area contributed by atoms with Crippen molar-refractivity contribution < 1.29 is 13.2 Å². The number of carbonyl (C=O) groups excluding carboxylic acids is 1. The number of amides is 1. The Morgan fingerprint density at radius 1 is 1.13 bits per heavy atom. The van der Waals surface area contributed by atoms with E-state index in [2.05, 4.69) is 5.32 Å². The molecule has 0 spiro atoms. The van der Waals surface area contributed by atoms with E-state index in [1.165, 1.54) is 29.6 Å². The Morgan fingerprint density at radius 3 is 2.43 bits per heavy atom. The van der Waals surface area contributed by atoms with Gasteiger partial charge in [0.25, 0.3) is 0 Å². The molecule has 0 radical (unpaired) electrons. The Hall–Kier alpha value is -1.11. The van der Waals surface area contributed by atoms with E-state index < -0.39 is 10.0 Å². The Bertz CT molecular complexity index is 897. The van der Waals surface area contributed by atoms with Gasteiger partial charge in [-0.3, -0.25) is 4.79 Å². The summed E-state index contributed by atoms with van der Waals surface area (Å²) in [5, 5.41) is 3.86. The quantitative estimate of drug-likeness (QED) is 0.730. The fraction of sp³-hybridized carbons (Fsp3) is 0.696. The van der Waals surface area contributed by atoms with Crippen LogP contribution in [0.5, 0.6) is 0 Å². The molecule has 1 saturated heterocycles. The first-order valence-electron chi connectivity index (χ1n) is 11.4. The van der Waals surface area contributed by atoms with Crippen molar-refractivity contribution in [3.8, 4) is 0 Å². The molecule has 0 aromatic heterocycles. The molecule has 5 aliphatic rings. The molecule has 1 aromatic rings. The summed E-state index contributed by atoms with van der Waals surface area (Å²) in [6.45, 7) is 0.908. The van der Waals surface area contributed by atoms with E-state index >= 15 is 0 Å². The average Bonchev–Trinajstić information content (AvgIpc) is 2.66. The molecule has 4 aliphatic carbocycles. The number of nitrogens with zero attached hydrogens (tertiary/aromatic N) is 1. The number of carbonyl (C=O) groups is 1. The van der Waals surface area contributed by atoms with Gasteiger partial charge in [-0.05, 0) is 93.2 Å². The number of piperidine rings is 1. The largest absolute Gasteiger partial charge is 0.351 e. The molecule has 30 heavy (non-hydrogen) atoms. The van der Waals surface area contributed by atoms with E-state index in [0.717, 1.165) is 49.9 Å². The van der Waals surface area contributed by atoms with Crippen LogP contribution in [0.1, 0.15) is 57.8 Å². The van der Waals surface area contributed by atoms with Gasteiger partial charge in [-0.25, -0.2) is 8.42 Å².